The van der Waals surface area contributed by atoms with Gasteiger partial charge in [0, 0.05) is 23.7 Å². The van der Waals surface area contributed by atoms with Gasteiger partial charge in [-0.1, -0.05) is 63.1 Å². The van der Waals surface area contributed by atoms with Crippen molar-refractivity contribution in [2.75, 3.05) is 25.6 Å². The van der Waals surface area contributed by atoms with E-state index in [4.69, 9.17) is 14.7 Å². The third-order valence-corrected chi connectivity index (χ3v) is 5.13. The standard InChI is InChI=1S/C27H34N4O2/c1-4-6-12-22(5-2)20-33-26-19-24(16-17-25(26)32-3)31-27(30-21-28)29-18-11-10-15-23-13-8-7-9-14-23/h7-9,13-14,16-17,19,22H,4-6,11-12,18,20H2,1-3H3,(H2,29,30,31). The summed E-state index contributed by atoms with van der Waals surface area (Å²) in [4.78, 5) is 4.43. The fourth-order valence-corrected chi connectivity index (χ4v) is 3.18. The molecule has 6 nitrogen and oxygen atoms in total. The number of unbranched alkanes of at least 4 members (excludes halogenated alkanes) is 1. The van der Waals surface area contributed by atoms with Gasteiger partial charge in [0.1, 0.15) is 0 Å². The minimum absolute atomic E-state index is 0.365. The van der Waals surface area contributed by atoms with E-state index < -0.39 is 0 Å². The molecule has 0 radical (unpaired) electrons. The molecule has 0 heterocycles. The number of rotatable bonds is 11. The van der Waals surface area contributed by atoms with Gasteiger partial charge in [0.25, 0.3) is 0 Å². The molecule has 0 bridgehead atoms. The Bertz CT molecular complexity index is 971. The van der Waals surface area contributed by atoms with Crippen LogP contribution in [-0.4, -0.2) is 26.2 Å². The predicted molar refractivity (Wildman–Crippen MR) is 134 cm³/mol. The molecule has 1 unspecified atom stereocenters. The highest BCUT2D eigenvalue weighted by atomic mass is 16.5. The molecule has 0 spiro atoms. The molecule has 6 heteroatoms. The summed E-state index contributed by atoms with van der Waals surface area (Å²) in [7, 11) is 1.63. The van der Waals surface area contributed by atoms with Gasteiger partial charge in [-0.2, -0.15) is 5.26 Å². The number of hydrogen-bond donors (Lipinski definition) is 2. The lowest BCUT2D eigenvalue weighted by molar-refractivity contribution is 0.224. The highest BCUT2D eigenvalue weighted by Gasteiger charge is 2.11. The molecule has 0 aromatic heterocycles. The molecule has 0 aliphatic carbocycles. The summed E-state index contributed by atoms with van der Waals surface area (Å²) in [6.45, 7) is 5.51. The molecule has 33 heavy (non-hydrogen) atoms. The number of benzene rings is 2. The van der Waals surface area contributed by atoms with Crippen LogP contribution in [0.3, 0.4) is 0 Å². The lowest BCUT2D eigenvalue weighted by Crippen LogP contribution is -2.27. The van der Waals surface area contributed by atoms with Crippen LogP contribution < -0.4 is 20.1 Å². The summed E-state index contributed by atoms with van der Waals surface area (Å²) >= 11 is 0. The predicted octanol–water partition coefficient (Wildman–Crippen LogP) is 5.57. The number of guanidine groups is 1. The Kier molecular flexibility index (Phi) is 11.8. The molecule has 2 aromatic carbocycles. The van der Waals surface area contributed by atoms with E-state index in [9.17, 15) is 0 Å². The number of nitriles is 1. The zero-order chi connectivity index (χ0) is 23.7. The van der Waals surface area contributed by atoms with E-state index >= 15 is 0 Å². The summed E-state index contributed by atoms with van der Waals surface area (Å²) in [5.41, 5.74) is 1.73. The summed E-state index contributed by atoms with van der Waals surface area (Å²) in [5.74, 6) is 8.43. The summed E-state index contributed by atoms with van der Waals surface area (Å²) < 4.78 is 11.6. The van der Waals surface area contributed by atoms with Crippen LogP contribution in [0.4, 0.5) is 5.69 Å². The normalized spacial score (nSPS) is 11.5. The maximum Gasteiger partial charge on any atom is 0.209 e. The molecule has 1 atom stereocenters. The molecule has 0 aliphatic heterocycles. The van der Waals surface area contributed by atoms with Crippen molar-refractivity contribution in [1.82, 2.24) is 5.32 Å². The zero-order valence-electron chi connectivity index (χ0n) is 19.9. The second-order valence-corrected chi connectivity index (χ2v) is 7.60. The molecule has 2 N–H and O–H groups in total. The average Bonchev–Trinajstić information content (AvgIpc) is 2.85. The van der Waals surface area contributed by atoms with Gasteiger partial charge in [-0.05, 0) is 36.6 Å². The number of nitrogens with zero attached hydrogens (tertiary/aromatic N) is 2. The maximum atomic E-state index is 9.09. The summed E-state index contributed by atoms with van der Waals surface area (Å²) in [6, 6.07) is 15.4. The van der Waals surface area contributed by atoms with E-state index in [0.717, 1.165) is 24.1 Å². The van der Waals surface area contributed by atoms with E-state index in [-0.39, 0.29) is 0 Å². The molecule has 0 aliphatic rings. The van der Waals surface area contributed by atoms with Crippen LogP contribution in [0, 0.1) is 29.2 Å². The second kappa shape index (κ2) is 15.2. The van der Waals surface area contributed by atoms with Crippen molar-refractivity contribution < 1.29 is 9.47 Å². The quantitative estimate of drug-likeness (QED) is 0.118. The van der Waals surface area contributed by atoms with Gasteiger partial charge in [0.15, 0.2) is 17.7 Å². The van der Waals surface area contributed by atoms with Gasteiger partial charge in [0.2, 0.25) is 5.96 Å². The van der Waals surface area contributed by atoms with Crippen LogP contribution in [0.2, 0.25) is 0 Å². The van der Waals surface area contributed by atoms with Crippen molar-refractivity contribution >= 4 is 11.6 Å². The molecular weight excluding hydrogens is 412 g/mol. The van der Waals surface area contributed by atoms with Crippen molar-refractivity contribution in [3.05, 3.63) is 54.1 Å². The Balaban J connectivity index is 2.01. The average molecular weight is 447 g/mol. The van der Waals surface area contributed by atoms with Gasteiger partial charge in [-0.3, -0.25) is 10.3 Å². The highest BCUT2D eigenvalue weighted by molar-refractivity contribution is 5.94. The van der Waals surface area contributed by atoms with Crippen LogP contribution in [-0.2, 0) is 0 Å². The molecule has 0 saturated heterocycles. The van der Waals surface area contributed by atoms with Crippen molar-refractivity contribution in [2.24, 2.45) is 10.9 Å². The molecule has 0 saturated carbocycles. The van der Waals surface area contributed by atoms with Gasteiger partial charge in [-0.15, -0.1) is 0 Å². The highest BCUT2D eigenvalue weighted by Crippen LogP contribution is 2.31. The van der Waals surface area contributed by atoms with Crippen molar-refractivity contribution in [3.8, 4) is 29.5 Å². The topological polar surface area (TPSA) is 78.7 Å². The molecule has 174 valence electrons. The van der Waals surface area contributed by atoms with E-state index in [2.05, 4.69) is 41.3 Å². The number of methoxy groups -OCH3 is 1. The van der Waals surface area contributed by atoms with Crippen LogP contribution in [0.15, 0.2) is 53.5 Å². The largest absolute Gasteiger partial charge is 0.493 e. The van der Waals surface area contributed by atoms with Gasteiger partial charge in [-0.25, -0.2) is 0 Å². The second-order valence-electron chi connectivity index (χ2n) is 7.60. The number of ether oxygens (including phenoxy) is 2. The van der Waals surface area contributed by atoms with Crippen LogP contribution in [0.25, 0.3) is 0 Å². The van der Waals surface area contributed by atoms with Gasteiger partial charge in [0.05, 0.1) is 20.3 Å². The first-order valence-corrected chi connectivity index (χ1v) is 11.5. The number of hydrogen-bond acceptors (Lipinski definition) is 4. The van der Waals surface area contributed by atoms with Gasteiger partial charge >= 0.3 is 0 Å². The fourth-order valence-electron chi connectivity index (χ4n) is 3.18. The molecule has 2 rings (SSSR count). The van der Waals surface area contributed by atoms with Crippen molar-refractivity contribution in [3.63, 3.8) is 0 Å². The van der Waals surface area contributed by atoms with Crippen molar-refractivity contribution in [1.29, 1.82) is 5.26 Å². The Morgan fingerprint density at radius 1 is 1.12 bits per heavy atom. The number of anilines is 1. The van der Waals surface area contributed by atoms with E-state index in [1.165, 1.54) is 12.8 Å². The minimum Gasteiger partial charge on any atom is -0.493 e. The van der Waals surface area contributed by atoms with E-state index in [0.29, 0.717) is 42.9 Å². The fraction of sp³-hybridized carbons (Fsp3) is 0.407. The Labute approximate surface area is 198 Å². The lowest BCUT2D eigenvalue weighted by Gasteiger charge is -2.18. The van der Waals surface area contributed by atoms with Crippen LogP contribution >= 0.6 is 0 Å². The first kappa shape index (κ1) is 25.6. The third kappa shape index (κ3) is 9.58. The first-order valence-electron chi connectivity index (χ1n) is 11.5. The lowest BCUT2D eigenvalue weighted by atomic mass is 10.0. The SMILES string of the molecule is CCCCC(CC)COc1cc(NC(=NCCC#Cc2ccccc2)NC#N)ccc1OC. The monoisotopic (exact) mass is 446 g/mol. The Morgan fingerprint density at radius 2 is 1.94 bits per heavy atom. The zero-order valence-corrected chi connectivity index (χ0v) is 19.9. The molecule has 2 aromatic rings. The Morgan fingerprint density at radius 3 is 2.64 bits per heavy atom. The van der Waals surface area contributed by atoms with E-state index in [1.54, 1.807) is 7.11 Å². The van der Waals surface area contributed by atoms with Crippen LogP contribution in [0.5, 0.6) is 11.5 Å². The maximum absolute atomic E-state index is 9.09. The first-order chi connectivity index (χ1) is 16.2. The number of nitrogens with one attached hydrogen (secondary N) is 2. The molecular formula is C27H34N4O2. The molecule has 0 fully saturated rings. The summed E-state index contributed by atoms with van der Waals surface area (Å²) in [6.07, 6.45) is 7.13. The third-order valence-electron chi connectivity index (χ3n) is 5.13. The molecule has 0 amide bonds. The van der Waals surface area contributed by atoms with E-state index in [1.807, 2.05) is 54.7 Å². The summed E-state index contributed by atoms with van der Waals surface area (Å²) in [5, 5.41) is 14.8. The number of aliphatic imine (C=N–C) groups is 1. The Hall–Kier alpha value is -3.64. The minimum atomic E-state index is 0.365. The van der Waals surface area contributed by atoms with Crippen LogP contribution in [0.1, 0.15) is 51.5 Å². The smallest absolute Gasteiger partial charge is 0.209 e. The van der Waals surface area contributed by atoms with Gasteiger partial charge < -0.3 is 14.8 Å². The van der Waals surface area contributed by atoms with Crippen molar-refractivity contribution in [2.45, 2.75) is 46.0 Å².